The predicted octanol–water partition coefficient (Wildman–Crippen LogP) is 3.72. The lowest BCUT2D eigenvalue weighted by molar-refractivity contribution is 0.600. The molecule has 3 nitrogen and oxygen atoms in total. The van der Waals surface area contributed by atoms with E-state index in [9.17, 15) is 8.42 Å². The molecule has 0 heterocycles. The van der Waals surface area contributed by atoms with Crippen molar-refractivity contribution in [3.63, 3.8) is 0 Å². The summed E-state index contributed by atoms with van der Waals surface area (Å²) in [6.45, 7) is 7.58. The summed E-state index contributed by atoms with van der Waals surface area (Å²) in [6.07, 6.45) is 0. The molecule has 2 rings (SSSR count). The molecule has 0 aliphatic heterocycles. The van der Waals surface area contributed by atoms with Gasteiger partial charge in [-0.1, -0.05) is 18.2 Å². The van der Waals surface area contributed by atoms with Crippen molar-refractivity contribution in [1.82, 2.24) is 0 Å². The van der Waals surface area contributed by atoms with Gasteiger partial charge in [0.15, 0.2) is 0 Å². The van der Waals surface area contributed by atoms with Crippen molar-refractivity contribution in [1.29, 1.82) is 0 Å². The summed E-state index contributed by atoms with van der Waals surface area (Å²) >= 11 is 0. The lowest BCUT2D eigenvalue weighted by Gasteiger charge is -2.12. The molecule has 0 fully saturated rings. The molecular weight excluding hydrogens is 270 g/mol. The van der Waals surface area contributed by atoms with Gasteiger partial charge in [0.1, 0.15) is 0 Å². The van der Waals surface area contributed by atoms with Crippen molar-refractivity contribution in [3.05, 3.63) is 58.7 Å². The van der Waals surface area contributed by atoms with Crippen LogP contribution in [0.15, 0.2) is 41.3 Å². The third-order valence-electron chi connectivity index (χ3n) is 3.11. The summed E-state index contributed by atoms with van der Waals surface area (Å²) in [5, 5.41) is 0. The van der Waals surface area contributed by atoms with Crippen LogP contribution in [0.25, 0.3) is 0 Å². The van der Waals surface area contributed by atoms with E-state index in [1.807, 2.05) is 51.1 Å². The third kappa shape index (κ3) is 3.20. The van der Waals surface area contributed by atoms with Crippen LogP contribution in [0.2, 0.25) is 0 Å². The molecule has 20 heavy (non-hydrogen) atoms. The Kier molecular flexibility index (Phi) is 3.86. The van der Waals surface area contributed by atoms with Crippen LogP contribution >= 0.6 is 0 Å². The van der Waals surface area contributed by atoms with E-state index in [4.69, 9.17) is 0 Å². The maximum atomic E-state index is 12.5. The molecule has 0 radical (unpaired) electrons. The van der Waals surface area contributed by atoms with Gasteiger partial charge in [-0.3, -0.25) is 4.72 Å². The largest absolute Gasteiger partial charge is 0.280 e. The molecule has 2 aromatic rings. The lowest BCUT2D eigenvalue weighted by Crippen LogP contribution is -2.14. The topological polar surface area (TPSA) is 46.2 Å². The number of rotatable bonds is 3. The zero-order valence-corrected chi connectivity index (χ0v) is 13.0. The molecule has 0 atom stereocenters. The van der Waals surface area contributed by atoms with Gasteiger partial charge in [-0.05, 0) is 68.1 Å². The molecule has 2 aromatic carbocycles. The Morgan fingerprint density at radius 2 is 1.40 bits per heavy atom. The molecular formula is C16H19NO2S. The van der Waals surface area contributed by atoms with Crippen molar-refractivity contribution in [3.8, 4) is 0 Å². The minimum Gasteiger partial charge on any atom is -0.280 e. The van der Waals surface area contributed by atoms with Crippen LogP contribution in [-0.2, 0) is 10.0 Å². The number of benzene rings is 2. The van der Waals surface area contributed by atoms with Crippen molar-refractivity contribution in [2.45, 2.75) is 32.6 Å². The van der Waals surface area contributed by atoms with Gasteiger partial charge in [0.25, 0.3) is 10.0 Å². The molecule has 0 aliphatic carbocycles. The van der Waals surface area contributed by atoms with Crippen LogP contribution in [0.5, 0.6) is 0 Å². The van der Waals surface area contributed by atoms with Crippen LogP contribution in [0.1, 0.15) is 22.3 Å². The Morgan fingerprint density at radius 3 is 2.00 bits per heavy atom. The van der Waals surface area contributed by atoms with Crippen molar-refractivity contribution in [2.75, 3.05) is 4.72 Å². The number of nitrogens with one attached hydrogen (secondary N) is 1. The molecule has 106 valence electrons. The lowest BCUT2D eigenvalue weighted by atomic mass is 10.1. The minimum atomic E-state index is -3.55. The first kappa shape index (κ1) is 14.6. The highest BCUT2D eigenvalue weighted by Gasteiger charge is 2.17. The van der Waals surface area contributed by atoms with Crippen molar-refractivity contribution < 1.29 is 8.42 Å². The van der Waals surface area contributed by atoms with E-state index < -0.39 is 10.0 Å². The first-order valence-corrected chi connectivity index (χ1v) is 7.94. The summed E-state index contributed by atoms with van der Waals surface area (Å²) in [6, 6.07) is 11.1. The first-order chi connectivity index (χ1) is 9.28. The number of hydrogen-bond donors (Lipinski definition) is 1. The van der Waals surface area contributed by atoms with Crippen LogP contribution in [0, 0.1) is 27.7 Å². The van der Waals surface area contributed by atoms with Gasteiger partial charge >= 0.3 is 0 Å². The van der Waals surface area contributed by atoms with Crippen molar-refractivity contribution in [2.24, 2.45) is 0 Å². The molecule has 0 spiro atoms. The molecule has 0 amide bonds. The van der Waals surface area contributed by atoms with E-state index in [2.05, 4.69) is 4.72 Å². The number of hydrogen-bond acceptors (Lipinski definition) is 2. The third-order valence-corrected chi connectivity index (χ3v) is 4.63. The minimum absolute atomic E-state index is 0.330. The molecule has 0 bridgehead atoms. The first-order valence-electron chi connectivity index (χ1n) is 6.46. The second kappa shape index (κ2) is 5.29. The van der Waals surface area contributed by atoms with Gasteiger partial charge in [-0.2, -0.15) is 0 Å². The Balaban J connectivity index is 2.43. The summed E-state index contributed by atoms with van der Waals surface area (Å²) in [5.41, 5.74) is 4.33. The zero-order valence-electron chi connectivity index (χ0n) is 12.2. The van der Waals surface area contributed by atoms with Gasteiger partial charge < -0.3 is 0 Å². The highest BCUT2D eigenvalue weighted by atomic mass is 32.2. The fourth-order valence-corrected chi connectivity index (χ4v) is 3.61. The number of aryl methyl sites for hydroxylation is 4. The van der Waals surface area contributed by atoms with E-state index in [-0.39, 0.29) is 0 Å². The second-order valence-electron chi connectivity index (χ2n) is 5.25. The number of sulfonamides is 1. The standard InChI is InChI=1S/C16H19NO2S/c1-11-5-6-14(4)16(10-11)20(18,19)17-15-8-12(2)7-13(3)9-15/h5-10,17H,1-4H3. The summed E-state index contributed by atoms with van der Waals surface area (Å²) in [5.74, 6) is 0. The summed E-state index contributed by atoms with van der Waals surface area (Å²) < 4.78 is 27.6. The smallest absolute Gasteiger partial charge is 0.262 e. The average Bonchev–Trinajstić information content (AvgIpc) is 2.30. The maximum absolute atomic E-state index is 12.5. The molecule has 0 aliphatic rings. The Morgan fingerprint density at radius 1 is 0.800 bits per heavy atom. The SMILES string of the molecule is Cc1cc(C)cc(NS(=O)(=O)c2cc(C)ccc2C)c1. The summed E-state index contributed by atoms with van der Waals surface area (Å²) in [4.78, 5) is 0.330. The van der Waals surface area contributed by atoms with E-state index >= 15 is 0 Å². The van der Waals surface area contributed by atoms with Gasteiger partial charge in [0.2, 0.25) is 0 Å². The van der Waals surface area contributed by atoms with Crippen LogP contribution in [0.3, 0.4) is 0 Å². The Bertz CT molecular complexity index is 729. The Hall–Kier alpha value is -1.81. The predicted molar refractivity (Wildman–Crippen MR) is 82.6 cm³/mol. The van der Waals surface area contributed by atoms with Gasteiger partial charge in [-0.15, -0.1) is 0 Å². The molecule has 0 aromatic heterocycles. The maximum Gasteiger partial charge on any atom is 0.262 e. The van der Waals surface area contributed by atoms with E-state index in [0.29, 0.717) is 10.6 Å². The Labute approximate surface area is 120 Å². The van der Waals surface area contributed by atoms with Gasteiger partial charge in [0.05, 0.1) is 4.90 Å². The fourth-order valence-electron chi connectivity index (χ4n) is 2.24. The van der Waals surface area contributed by atoms with Crippen LogP contribution < -0.4 is 4.72 Å². The van der Waals surface area contributed by atoms with E-state index in [0.717, 1.165) is 22.3 Å². The zero-order chi connectivity index (χ0) is 14.9. The monoisotopic (exact) mass is 289 g/mol. The van der Waals surface area contributed by atoms with Crippen LogP contribution in [-0.4, -0.2) is 8.42 Å². The second-order valence-corrected chi connectivity index (χ2v) is 6.90. The van der Waals surface area contributed by atoms with Crippen molar-refractivity contribution >= 4 is 15.7 Å². The van der Waals surface area contributed by atoms with E-state index in [1.165, 1.54) is 0 Å². The highest BCUT2D eigenvalue weighted by Crippen LogP contribution is 2.22. The molecule has 0 unspecified atom stereocenters. The van der Waals surface area contributed by atoms with Gasteiger partial charge in [0, 0.05) is 5.69 Å². The van der Waals surface area contributed by atoms with Gasteiger partial charge in [-0.25, -0.2) is 8.42 Å². The van der Waals surface area contributed by atoms with E-state index in [1.54, 1.807) is 13.0 Å². The quantitative estimate of drug-likeness (QED) is 0.936. The van der Waals surface area contributed by atoms with Crippen LogP contribution in [0.4, 0.5) is 5.69 Å². The molecule has 0 saturated heterocycles. The normalized spacial score (nSPS) is 11.4. The molecule has 4 heteroatoms. The number of anilines is 1. The average molecular weight is 289 g/mol. The fraction of sp³-hybridized carbons (Fsp3) is 0.250. The highest BCUT2D eigenvalue weighted by molar-refractivity contribution is 7.92. The molecule has 1 N–H and O–H groups in total. The summed E-state index contributed by atoms with van der Waals surface area (Å²) in [7, 11) is -3.55. The molecule has 0 saturated carbocycles.